The molecule has 1 aromatic carbocycles. The largest absolute Gasteiger partial charge is 0.444 e. The van der Waals surface area contributed by atoms with E-state index in [1.165, 1.54) is 5.56 Å². The Morgan fingerprint density at radius 2 is 2.05 bits per heavy atom. The van der Waals surface area contributed by atoms with E-state index in [2.05, 4.69) is 27.3 Å². The Kier molecular flexibility index (Phi) is 6.72. The van der Waals surface area contributed by atoms with Crippen molar-refractivity contribution in [3.63, 3.8) is 0 Å². The SMILES string of the molecule is CC(C)(C)OC(=O)NCCSCc1ccccc1Br. The highest BCUT2D eigenvalue weighted by Gasteiger charge is 2.15. The lowest BCUT2D eigenvalue weighted by atomic mass is 10.2. The topological polar surface area (TPSA) is 38.3 Å². The minimum absolute atomic E-state index is 0.353. The number of nitrogens with one attached hydrogen (secondary N) is 1. The Labute approximate surface area is 127 Å². The minimum Gasteiger partial charge on any atom is -0.444 e. The molecule has 1 amide bonds. The number of alkyl carbamates (subject to hydrolysis) is 1. The number of ether oxygens (including phenoxy) is 1. The summed E-state index contributed by atoms with van der Waals surface area (Å²) >= 11 is 5.30. The highest BCUT2D eigenvalue weighted by atomic mass is 79.9. The minimum atomic E-state index is -0.438. The van der Waals surface area contributed by atoms with Crippen LogP contribution in [-0.2, 0) is 10.5 Å². The van der Waals surface area contributed by atoms with Gasteiger partial charge in [-0.05, 0) is 32.4 Å². The van der Waals surface area contributed by atoms with Gasteiger partial charge in [-0.1, -0.05) is 34.1 Å². The van der Waals surface area contributed by atoms with Gasteiger partial charge in [0, 0.05) is 22.5 Å². The summed E-state index contributed by atoms with van der Waals surface area (Å²) in [5.74, 6) is 1.79. The molecule has 0 saturated heterocycles. The number of carbonyl (C=O) groups excluding carboxylic acids is 1. The van der Waals surface area contributed by atoms with Gasteiger partial charge in [0.05, 0.1) is 0 Å². The van der Waals surface area contributed by atoms with Crippen LogP contribution in [0.1, 0.15) is 26.3 Å². The van der Waals surface area contributed by atoms with Crippen LogP contribution in [0.15, 0.2) is 28.7 Å². The van der Waals surface area contributed by atoms with E-state index in [9.17, 15) is 4.79 Å². The zero-order valence-corrected chi connectivity index (χ0v) is 13.9. The molecule has 0 atom stereocenters. The third-order valence-corrected chi connectivity index (χ3v) is 3.91. The lowest BCUT2D eigenvalue weighted by molar-refractivity contribution is 0.0531. The molecular weight excluding hydrogens is 326 g/mol. The van der Waals surface area contributed by atoms with Gasteiger partial charge in [0.2, 0.25) is 0 Å². The Hall–Kier alpha value is -0.680. The average Bonchev–Trinajstić information content (AvgIpc) is 2.28. The number of benzene rings is 1. The molecule has 1 rings (SSSR count). The van der Waals surface area contributed by atoms with Crippen LogP contribution < -0.4 is 5.32 Å². The Balaban J connectivity index is 2.15. The summed E-state index contributed by atoms with van der Waals surface area (Å²) < 4.78 is 6.28. The molecule has 1 N–H and O–H groups in total. The van der Waals surface area contributed by atoms with Crippen molar-refractivity contribution in [1.29, 1.82) is 0 Å². The van der Waals surface area contributed by atoms with Gasteiger partial charge in [0.1, 0.15) is 5.60 Å². The molecule has 106 valence electrons. The van der Waals surface area contributed by atoms with Gasteiger partial charge in [0.15, 0.2) is 0 Å². The molecule has 0 bridgehead atoms. The first-order valence-corrected chi connectivity index (χ1v) is 8.11. The van der Waals surface area contributed by atoms with E-state index in [1.807, 2.05) is 39.0 Å². The van der Waals surface area contributed by atoms with Crippen molar-refractivity contribution in [2.24, 2.45) is 0 Å². The Bertz CT molecular complexity index is 418. The maximum Gasteiger partial charge on any atom is 0.407 e. The summed E-state index contributed by atoms with van der Waals surface area (Å²) in [6, 6.07) is 8.16. The van der Waals surface area contributed by atoms with Gasteiger partial charge in [-0.2, -0.15) is 11.8 Å². The summed E-state index contributed by atoms with van der Waals surface area (Å²) in [5.41, 5.74) is 0.830. The van der Waals surface area contributed by atoms with Gasteiger partial charge in [-0.3, -0.25) is 0 Å². The average molecular weight is 346 g/mol. The van der Waals surface area contributed by atoms with Gasteiger partial charge < -0.3 is 10.1 Å². The van der Waals surface area contributed by atoms with E-state index in [4.69, 9.17) is 4.74 Å². The highest BCUT2D eigenvalue weighted by molar-refractivity contribution is 9.10. The maximum atomic E-state index is 11.4. The van der Waals surface area contributed by atoms with Crippen LogP contribution in [0.25, 0.3) is 0 Å². The predicted octanol–water partition coefficient (Wildman–Crippen LogP) is 4.21. The van der Waals surface area contributed by atoms with E-state index in [0.29, 0.717) is 6.54 Å². The standard InChI is InChI=1S/C14H20BrNO2S/c1-14(2,3)18-13(17)16-8-9-19-10-11-6-4-5-7-12(11)15/h4-7H,8-10H2,1-3H3,(H,16,17). The van der Waals surface area contributed by atoms with Crippen molar-refractivity contribution < 1.29 is 9.53 Å². The first kappa shape index (κ1) is 16.4. The lowest BCUT2D eigenvalue weighted by Crippen LogP contribution is -2.33. The van der Waals surface area contributed by atoms with Crippen LogP contribution in [0, 0.1) is 0 Å². The fourth-order valence-corrected chi connectivity index (χ4v) is 2.81. The summed E-state index contributed by atoms with van der Waals surface area (Å²) in [6.45, 7) is 6.18. The van der Waals surface area contributed by atoms with Crippen molar-refractivity contribution in [2.45, 2.75) is 32.1 Å². The summed E-state index contributed by atoms with van der Waals surface area (Å²) in [4.78, 5) is 11.4. The van der Waals surface area contributed by atoms with Crippen LogP contribution in [0.2, 0.25) is 0 Å². The van der Waals surface area contributed by atoms with E-state index in [0.717, 1.165) is 16.0 Å². The number of hydrogen-bond acceptors (Lipinski definition) is 3. The molecule has 3 nitrogen and oxygen atoms in total. The molecule has 0 heterocycles. The zero-order chi connectivity index (χ0) is 14.3. The number of hydrogen-bond donors (Lipinski definition) is 1. The molecule has 0 aliphatic carbocycles. The van der Waals surface area contributed by atoms with Crippen molar-refractivity contribution in [3.05, 3.63) is 34.3 Å². The number of rotatable bonds is 5. The van der Waals surface area contributed by atoms with E-state index < -0.39 is 5.60 Å². The first-order valence-electron chi connectivity index (χ1n) is 6.16. The molecule has 0 saturated carbocycles. The fraction of sp³-hybridized carbons (Fsp3) is 0.500. The monoisotopic (exact) mass is 345 g/mol. The second kappa shape index (κ2) is 7.80. The van der Waals surface area contributed by atoms with Crippen LogP contribution in [0.4, 0.5) is 4.79 Å². The molecule has 0 radical (unpaired) electrons. The summed E-state index contributed by atoms with van der Waals surface area (Å²) in [6.07, 6.45) is -0.353. The summed E-state index contributed by atoms with van der Waals surface area (Å²) in [7, 11) is 0. The van der Waals surface area contributed by atoms with Crippen molar-refractivity contribution in [2.75, 3.05) is 12.3 Å². The molecule has 0 spiro atoms. The molecule has 19 heavy (non-hydrogen) atoms. The molecule has 0 aliphatic heterocycles. The molecule has 0 unspecified atom stereocenters. The first-order chi connectivity index (χ1) is 8.88. The number of carbonyl (C=O) groups is 1. The van der Waals surface area contributed by atoms with Gasteiger partial charge in [-0.25, -0.2) is 4.79 Å². The Morgan fingerprint density at radius 1 is 1.37 bits per heavy atom. The van der Waals surface area contributed by atoms with E-state index >= 15 is 0 Å². The van der Waals surface area contributed by atoms with Gasteiger partial charge >= 0.3 is 6.09 Å². The Morgan fingerprint density at radius 3 is 2.68 bits per heavy atom. The quantitative estimate of drug-likeness (QED) is 0.812. The molecule has 5 heteroatoms. The number of amides is 1. The van der Waals surface area contributed by atoms with Gasteiger partial charge in [0.25, 0.3) is 0 Å². The lowest BCUT2D eigenvalue weighted by Gasteiger charge is -2.19. The number of thioether (sulfide) groups is 1. The molecule has 1 aromatic rings. The second-order valence-corrected chi connectivity index (χ2v) is 7.03. The smallest absolute Gasteiger partial charge is 0.407 e. The normalized spacial score (nSPS) is 11.2. The molecular formula is C14H20BrNO2S. The second-order valence-electron chi connectivity index (χ2n) is 5.07. The summed E-state index contributed by atoms with van der Waals surface area (Å²) in [5, 5.41) is 2.75. The molecule has 0 fully saturated rings. The van der Waals surface area contributed by atoms with Crippen molar-refractivity contribution in [3.8, 4) is 0 Å². The third kappa shape index (κ3) is 7.47. The van der Waals surface area contributed by atoms with Crippen molar-refractivity contribution in [1.82, 2.24) is 5.32 Å². The zero-order valence-electron chi connectivity index (χ0n) is 11.5. The third-order valence-electron chi connectivity index (χ3n) is 2.13. The molecule has 0 aliphatic rings. The van der Waals surface area contributed by atoms with E-state index in [1.54, 1.807) is 11.8 Å². The van der Waals surface area contributed by atoms with Crippen molar-refractivity contribution >= 4 is 33.8 Å². The molecule has 0 aromatic heterocycles. The number of halogens is 1. The van der Waals surface area contributed by atoms with Crippen LogP contribution in [0.5, 0.6) is 0 Å². The van der Waals surface area contributed by atoms with Crippen LogP contribution in [0.3, 0.4) is 0 Å². The fourth-order valence-electron chi connectivity index (χ4n) is 1.34. The van der Waals surface area contributed by atoms with Crippen LogP contribution in [-0.4, -0.2) is 24.0 Å². The van der Waals surface area contributed by atoms with Gasteiger partial charge in [-0.15, -0.1) is 0 Å². The highest BCUT2D eigenvalue weighted by Crippen LogP contribution is 2.20. The predicted molar refractivity (Wildman–Crippen MR) is 84.5 cm³/mol. The van der Waals surface area contributed by atoms with Crippen LogP contribution >= 0.6 is 27.7 Å². The maximum absolute atomic E-state index is 11.4. The van der Waals surface area contributed by atoms with E-state index in [-0.39, 0.29) is 6.09 Å².